The fraction of sp³-hybridized carbons (Fsp3) is 0.280. The first-order valence-electron chi connectivity index (χ1n) is 10.7. The van der Waals surface area contributed by atoms with Gasteiger partial charge in [-0.25, -0.2) is 4.98 Å². The van der Waals surface area contributed by atoms with E-state index in [1.807, 2.05) is 60.7 Å². The van der Waals surface area contributed by atoms with Gasteiger partial charge in [-0.15, -0.1) is 10.2 Å². The van der Waals surface area contributed by atoms with Gasteiger partial charge in [0.05, 0.1) is 5.75 Å². The summed E-state index contributed by atoms with van der Waals surface area (Å²) in [4.78, 5) is 17.0. The van der Waals surface area contributed by atoms with Gasteiger partial charge in [-0.1, -0.05) is 84.1 Å². The van der Waals surface area contributed by atoms with Crippen LogP contribution >= 0.6 is 11.8 Å². The first-order chi connectivity index (χ1) is 15.3. The van der Waals surface area contributed by atoms with E-state index in [4.69, 9.17) is 4.98 Å². The van der Waals surface area contributed by atoms with Gasteiger partial charge < -0.3 is 5.32 Å². The zero-order chi connectivity index (χ0) is 21.3. The maximum Gasteiger partial charge on any atom is 0.230 e. The number of carbonyl (C=O) groups excluding carboxylic acids is 1. The molecule has 3 aromatic rings. The molecule has 1 amide bonds. The number of rotatable bonds is 8. The van der Waals surface area contributed by atoms with E-state index in [-0.39, 0.29) is 11.7 Å². The van der Waals surface area contributed by atoms with Gasteiger partial charge in [0.15, 0.2) is 0 Å². The zero-order valence-electron chi connectivity index (χ0n) is 17.5. The van der Waals surface area contributed by atoms with Crippen molar-refractivity contribution < 1.29 is 4.79 Å². The van der Waals surface area contributed by atoms with Crippen LogP contribution in [0, 0.1) is 0 Å². The summed E-state index contributed by atoms with van der Waals surface area (Å²) < 4.78 is 0. The minimum absolute atomic E-state index is 0.00148. The predicted octanol–water partition coefficient (Wildman–Crippen LogP) is 5.30. The lowest BCUT2D eigenvalue weighted by atomic mass is 9.97. The van der Waals surface area contributed by atoms with E-state index in [0.29, 0.717) is 11.7 Å². The molecule has 0 aliphatic heterocycles. The number of aromatic nitrogens is 3. The molecular formula is C25H26N4OS. The number of hydrogen-bond donors (Lipinski definition) is 1. The Balaban J connectivity index is 1.41. The topological polar surface area (TPSA) is 67.8 Å². The fourth-order valence-electron chi connectivity index (χ4n) is 3.64. The summed E-state index contributed by atoms with van der Waals surface area (Å²) in [6, 6.07) is 19.9. The minimum Gasteiger partial charge on any atom is -0.355 e. The van der Waals surface area contributed by atoms with Gasteiger partial charge in [0.1, 0.15) is 11.4 Å². The number of benzene rings is 2. The van der Waals surface area contributed by atoms with Crippen molar-refractivity contribution in [2.75, 3.05) is 12.3 Å². The van der Waals surface area contributed by atoms with Crippen LogP contribution in [0.2, 0.25) is 0 Å². The van der Waals surface area contributed by atoms with Gasteiger partial charge in [-0.2, -0.15) is 0 Å². The molecule has 0 fully saturated rings. The van der Waals surface area contributed by atoms with Gasteiger partial charge >= 0.3 is 0 Å². The SMILES string of the molecule is O=C(CSc1nnc(-c2ccccc2)c(-c2ccccc2)n1)NCCC1=CCCCC1. The first-order valence-corrected chi connectivity index (χ1v) is 11.7. The highest BCUT2D eigenvalue weighted by atomic mass is 32.2. The third kappa shape index (κ3) is 6.01. The number of allylic oxidation sites excluding steroid dienone is 1. The Labute approximate surface area is 187 Å². The summed E-state index contributed by atoms with van der Waals surface area (Å²) >= 11 is 1.32. The summed E-state index contributed by atoms with van der Waals surface area (Å²) in [5.41, 5.74) is 4.92. The Morgan fingerprint density at radius 2 is 1.61 bits per heavy atom. The molecule has 0 bridgehead atoms. The Bertz CT molecular complexity index is 1040. The highest BCUT2D eigenvalue weighted by Crippen LogP contribution is 2.29. The normalized spacial score (nSPS) is 13.5. The molecule has 0 spiro atoms. The van der Waals surface area contributed by atoms with Crippen LogP contribution in [0.5, 0.6) is 0 Å². The van der Waals surface area contributed by atoms with Crippen molar-refractivity contribution in [1.29, 1.82) is 0 Å². The molecule has 0 saturated carbocycles. The molecule has 5 nitrogen and oxygen atoms in total. The Morgan fingerprint density at radius 1 is 0.903 bits per heavy atom. The molecule has 0 atom stereocenters. The van der Waals surface area contributed by atoms with Crippen LogP contribution in [0.25, 0.3) is 22.5 Å². The lowest BCUT2D eigenvalue weighted by Crippen LogP contribution is -2.26. The molecule has 2 aromatic carbocycles. The molecule has 0 unspecified atom stereocenters. The second-order valence-corrected chi connectivity index (χ2v) is 8.46. The molecule has 4 rings (SSSR count). The van der Waals surface area contributed by atoms with Crippen molar-refractivity contribution in [3.8, 4) is 22.5 Å². The summed E-state index contributed by atoms with van der Waals surface area (Å²) in [5, 5.41) is 12.2. The fourth-order valence-corrected chi connectivity index (χ4v) is 4.25. The van der Waals surface area contributed by atoms with Crippen LogP contribution in [-0.2, 0) is 4.79 Å². The lowest BCUT2D eigenvalue weighted by molar-refractivity contribution is -0.118. The Kier molecular flexibility index (Phi) is 7.45. The van der Waals surface area contributed by atoms with Crippen LogP contribution in [0.15, 0.2) is 77.5 Å². The monoisotopic (exact) mass is 430 g/mol. The van der Waals surface area contributed by atoms with Crippen molar-refractivity contribution in [3.63, 3.8) is 0 Å². The molecule has 31 heavy (non-hydrogen) atoms. The van der Waals surface area contributed by atoms with Gasteiger partial charge in [-0.05, 0) is 32.1 Å². The summed E-state index contributed by atoms with van der Waals surface area (Å²) in [6.07, 6.45) is 8.16. The van der Waals surface area contributed by atoms with E-state index < -0.39 is 0 Å². The molecule has 1 aromatic heterocycles. The van der Waals surface area contributed by atoms with E-state index in [0.717, 1.165) is 28.9 Å². The zero-order valence-corrected chi connectivity index (χ0v) is 18.3. The number of hydrogen-bond acceptors (Lipinski definition) is 5. The highest BCUT2D eigenvalue weighted by Gasteiger charge is 2.14. The van der Waals surface area contributed by atoms with Gasteiger partial charge in [0, 0.05) is 17.7 Å². The van der Waals surface area contributed by atoms with Crippen LogP contribution < -0.4 is 5.32 Å². The molecule has 1 aliphatic rings. The molecule has 1 N–H and O–H groups in total. The second kappa shape index (κ2) is 10.9. The number of carbonyl (C=O) groups is 1. The average Bonchev–Trinajstić information content (AvgIpc) is 2.84. The Hall–Kier alpha value is -2.99. The lowest BCUT2D eigenvalue weighted by Gasteiger charge is -2.13. The summed E-state index contributed by atoms with van der Waals surface area (Å²) in [5.74, 6) is 0.276. The van der Waals surface area contributed by atoms with E-state index in [1.54, 1.807) is 0 Å². The van der Waals surface area contributed by atoms with Crippen molar-refractivity contribution >= 4 is 17.7 Å². The van der Waals surface area contributed by atoms with Crippen LogP contribution in [0.4, 0.5) is 0 Å². The first kappa shape index (κ1) is 21.2. The number of nitrogens with zero attached hydrogens (tertiary/aromatic N) is 3. The van der Waals surface area contributed by atoms with Gasteiger partial charge in [-0.3, -0.25) is 4.79 Å². The van der Waals surface area contributed by atoms with Gasteiger partial charge in [0.2, 0.25) is 11.1 Å². The highest BCUT2D eigenvalue weighted by molar-refractivity contribution is 7.99. The molecule has 0 saturated heterocycles. The standard InChI is InChI=1S/C25H26N4OS/c30-22(26-17-16-19-10-4-1-5-11-19)18-31-25-27-23(20-12-6-2-7-13-20)24(28-29-25)21-14-8-3-9-15-21/h2-3,6-10,12-15H,1,4-5,11,16-18H2,(H,26,30). The largest absolute Gasteiger partial charge is 0.355 e. The third-order valence-corrected chi connectivity index (χ3v) is 6.09. The molecule has 1 heterocycles. The van der Waals surface area contributed by atoms with E-state index in [9.17, 15) is 4.79 Å². The predicted molar refractivity (Wildman–Crippen MR) is 126 cm³/mol. The molecule has 1 aliphatic carbocycles. The van der Waals surface area contributed by atoms with Crippen molar-refractivity contribution in [2.24, 2.45) is 0 Å². The number of nitrogens with one attached hydrogen (secondary N) is 1. The van der Waals surface area contributed by atoms with E-state index >= 15 is 0 Å². The minimum atomic E-state index is -0.00148. The Morgan fingerprint density at radius 3 is 2.29 bits per heavy atom. The number of amides is 1. The van der Waals surface area contributed by atoms with Crippen molar-refractivity contribution in [2.45, 2.75) is 37.3 Å². The van der Waals surface area contributed by atoms with Crippen LogP contribution in [-0.4, -0.2) is 33.4 Å². The molecular weight excluding hydrogens is 404 g/mol. The van der Waals surface area contributed by atoms with Gasteiger partial charge in [0.25, 0.3) is 0 Å². The quantitative estimate of drug-likeness (QED) is 0.388. The molecule has 158 valence electrons. The van der Waals surface area contributed by atoms with E-state index in [2.05, 4.69) is 21.6 Å². The van der Waals surface area contributed by atoms with Crippen molar-refractivity contribution in [1.82, 2.24) is 20.5 Å². The third-order valence-electron chi connectivity index (χ3n) is 5.25. The smallest absolute Gasteiger partial charge is 0.230 e. The molecule has 6 heteroatoms. The van der Waals surface area contributed by atoms with E-state index in [1.165, 1.54) is 43.0 Å². The number of thioether (sulfide) groups is 1. The maximum absolute atomic E-state index is 12.3. The van der Waals surface area contributed by atoms with Crippen LogP contribution in [0.1, 0.15) is 32.1 Å². The van der Waals surface area contributed by atoms with Crippen molar-refractivity contribution in [3.05, 3.63) is 72.3 Å². The molecule has 0 radical (unpaired) electrons. The maximum atomic E-state index is 12.3. The average molecular weight is 431 g/mol. The summed E-state index contributed by atoms with van der Waals surface area (Å²) in [7, 11) is 0. The van der Waals surface area contributed by atoms with Crippen LogP contribution in [0.3, 0.4) is 0 Å². The summed E-state index contributed by atoms with van der Waals surface area (Å²) in [6.45, 7) is 0.687. The second-order valence-electron chi connectivity index (χ2n) is 7.52.